The van der Waals surface area contributed by atoms with Gasteiger partial charge in [-0.1, -0.05) is 19.9 Å². The number of aromatic nitrogens is 2. The maximum Gasteiger partial charge on any atom is 0.147 e. The first-order chi connectivity index (χ1) is 8.67. The van der Waals surface area contributed by atoms with Crippen molar-refractivity contribution in [3.05, 3.63) is 30.7 Å². The standard InChI is InChI=1S/C13H22N4O/c1-4-5-17(6-7-18)13-10-15-12(9-16-13)8-14-11(2)3/h4,9-11,14,18H,1,5-8H2,2-3H3. The normalized spacial score (nSPS) is 10.7. The van der Waals surface area contributed by atoms with Gasteiger partial charge in [0.05, 0.1) is 24.7 Å². The average Bonchev–Trinajstić information content (AvgIpc) is 2.37. The summed E-state index contributed by atoms with van der Waals surface area (Å²) >= 11 is 0. The molecule has 100 valence electrons. The van der Waals surface area contributed by atoms with Crippen molar-refractivity contribution in [1.82, 2.24) is 15.3 Å². The van der Waals surface area contributed by atoms with E-state index in [1.807, 2.05) is 4.90 Å². The summed E-state index contributed by atoms with van der Waals surface area (Å²) in [7, 11) is 0. The summed E-state index contributed by atoms with van der Waals surface area (Å²) in [5, 5.41) is 12.3. The summed E-state index contributed by atoms with van der Waals surface area (Å²) in [5.41, 5.74) is 0.912. The third kappa shape index (κ3) is 4.81. The molecular formula is C13H22N4O. The predicted octanol–water partition coefficient (Wildman–Crippen LogP) is 0.959. The molecule has 0 atom stereocenters. The Hall–Kier alpha value is -1.46. The molecule has 0 amide bonds. The SMILES string of the molecule is C=CCN(CCO)c1cnc(CNC(C)C)cn1. The lowest BCUT2D eigenvalue weighted by molar-refractivity contribution is 0.302. The second kappa shape index (κ2) is 7.79. The molecule has 1 rings (SSSR count). The van der Waals surface area contributed by atoms with E-state index in [4.69, 9.17) is 5.11 Å². The number of hydrogen-bond acceptors (Lipinski definition) is 5. The highest BCUT2D eigenvalue weighted by Gasteiger charge is 2.06. The first-order valence-corrected chi connectivity index (χ1v) is 6.18. The fraction of sp³-hybridized carbons (Fsp3) is 0.538. The van der Waals surface area contributed by atoms with Crippen LogP contribution in [0.2, 0.25) is 0 Å². The van der Waals surface area contributed by atoms with E-state index in [9.17, 15) is 0 Å². The fourth-order valence-corrected chi connectivity index (χ4v) is 1.49. The molecule has 0 aliphatic rings. The number of nitrogens with zero attached hydrogens (tertiary/aromatic N) is 3. The molecule has 1 aromatic heterocycles. The largest absolute Gasteiger partial charge is 0.395 e. The summed E-state index contributed by atoms with van der Waals surface area (Å²) in [4.78, 5) is 10.6. The highest BCUT2D eigenvalue weighted by atomic mass is 16.3. The molecular weight excluding hydrogens is 228 g/mol. The van der Waals surface area contributed by atoms with Gasteiger partial charge in [-0.25, -0.2) is 4.98 Å². The molecule has 0 radical (unpaired) electrons. The van der Waals surface area contributed by atoms with E-state index >= 15 is 0 Å². The summed E-state index contributed by atoms with van der Waals surface area (Å²) in [6, 6.07) is 0.429. The van der Waals surface area contributed by atoms with Crippen molar-refractivity contribution in [1.29, 1.82) is 0 Å². The predicted molar refractivity (Wildman–Crippen MR) is 73.5 cm³/mol. The van der Waals surface area contributed by atoms with Crippen LogP contribution in [-0.4, -0.2) is 40.8 Å². The molecule has 18 heavy (non-hydrogen) atoms. The number of rotatable bonds is 8. The van der Waals surface area contributed by atoms with Crippen LogP contribution in [0.15, 0.2) is 25.0 Å². The average molecular weight is 250 g/mol. The Balaban J connectivity index is 2.64. The first kappa shape index (κ1) is 14.6. The number of hydrogen-bond donors (Lipinski definition) is 2. The summed E-state index contributed by atoms with van der Waals surface area (Å²) < 4.78 is 0. The van der Waals surface area contributed by atoms with Gasteiger partial charge in [-0.05, 0) is 0 Å². The summed E-state index contributed by atoms with van der Waals surface area (Å²) in [6.07, 6.45) is 5.28. The van der Waals surface area contributed by atoms with Crippen LogP contribution in [0.4, 0.5) is 5.82 Å². The van der Waals surface area contributed by atoms with E-state index in [-0.39, 0.29) is 6.61 Å². The maximum atomic E-state index is 8.99. The molecule has 0 aromatic carbocycles. The van der Waals surface area contributed by atoms with Crippen LogP contribution in [0.25, 0.3) is 0 Å². The van der Waals surface area contributed by atoms with Gasteiger partial charge in [0.25, 0.3) is 0 Å². The van der Waals surface area contributed by atoms with Gasteiger partial charge in [0.2, 0.25) is 0 Å². The van der Waals surface area contributed by atoms with Crippen molar-refractivity contribution >= 4 is 5.82 Å². The molecule has 0 aliphatic carbocycles. The second-order valence-corrected chi connectivity index (χ2v) is 4.36. The number of nitrogens with one attached hydrogen (secondary N) is 1. The molecule has 1 heterocycles. The zero-order valence-corrected chi connectivity index (χ0v) is 11.1. The van der Waals surface area contributed by atoms with Crippen LogP contribution in [0.1, 0.15) is 19.5 Å². The lowest BCUT2D eigenvalue weighted by Gasteiger charge is -2.20. The zero-order chi connectivity index (χ0) is 13.4. The quantitative estimate of drug-likeness (QED) is 0.673. The molecule has 5 heteroatoms. The molecule has 2 N–H and O–H groups in total. The van der Waals surface area contributed by atoms with Crippen molar-refractivity contribution < 1.29 is 5.11 Å². The minimum Gasteiger partial charge on any atom is -0.395 e. The van der Waals surface area contributed by atoms with Crippen molar-refractivity contribution in [2.45, 2.75) is 26.4 Å². The Morgan fingerprint density at radius 2 is 2.22 bits per heavy atom. The highest BCUT2D eigenvalue weighted by Crippen LogP contribution is 2.08. The molecule has 5 nitrogen and oxygen atoms in total. The van der Waals surface area contributed by atoms with Crippen molar-refractivity contribution in [3.8, 4) is 0 Å². The molecule has 0 saturated carbocycles. The lowest BCUT2D eigenvalue weighted by atomic mass is 10.3. The maximum absolute atomic E-state index is 8.99. The van der Waals surface area contributed by atoms with E-state index in [1.165, 1.54) is 0 Å². The Morgan fingerprint density at radius 1 is 1.44 bits per heavy atom. The van der Waals surface area contributed by atoms with Crippen molar-refractivity contribution in [2.24, 2.45) is 0 Å². The van der Waals surface area contributed by atoms with Gasteiger partial charge in [0.1, 0.15) is 5.82 Å². The topological polar surface area (TPSA) is 61.3 Å². The molecule has 0 aliphatic heterocycles. The Morgan fingerprint density at radius 3 is 2.72 bits per heavy atom. The van der Waals surface area contributed by atoms with E-state index in [0.717, 1.165) is 11.5 Å². The van der Waals surface area contributed by atoms with Crippen LogP contribution >= 0.6 is 0 Å². The lowest BCUT2D eigenvalue weighted by Crippen LogP contribution is -2.28. The first-order valence-electron chi connectivity index (χ1n) is 6.18. The second-order valence-electron chi connectivity index (χ2n) is 4.36. The molecule has 1 aromatic rings. The van der Waals surface area contributed by atoms with Crippen LogP contribution < -0.4 is 10.2 Å². The van der Waals surface area contributed by atoms with Crippen LogP contribution in [0, 0.1) is 0 Å². The molecule has 0 bridgehead atoms. The monoisotopic (exact) mass is 250 g/mol. The van der Waals surface area contributed by atoms with E-state index in [1.54, 1.807) is 18.5 Å². The fourth-order valence-electron chi connectivity index (χ4n) is 1.49. The molecule has 0 fully saturated rings. The van der Waals surface area contributed by atoms with Gasteiger partial charge in [-0.2, -0.15) is 0 Å². The third-order valence-corrected chi connectivity index (χ3v) is 2.43. The summed E-state index contributed by atoms with van der Waals surface area (Å²) in [6.45, 7) is 9.87. The van der Waals surface area contributed by atoms with Gasteiger partial charge < -0.3 is 15.3 Å². The van der Waals surface area contributed by atoms with Gasteiger partial charge in [0.15, 0.2) is 0 Å². The van der Waals surface area contributed by atoms with E-state index < -0.39 is 0 Å². The Labute approximate surface area is 109 Å². The van der Waals surface area contributed by atoms with E-state index in [2.05, 4.69) is 35.7 Å². The zero-order valence-electron chi connectivity index (χ0n) is 11.1. The van der Waals surface area contributed by atoms with E-state index in [0.29, 0.717) is 25.7 Å². The number of aliphatic hydroxyl groups excluding tert-OH is 1. The minimum absolute atomic E-state index is 0.0895. The van der Waals surface area contributed by atoms with Gasteiger partial charge >= 0.3 is 0 Å². The number of aliphatic hydroxyl groups is 1. The molecule has 0 saturated heterocycles. The minimum atomic E-state index is 0.0895. The molecule has 0 spiro atoms. The summed E-state index contributed by atoms with van der Waals surface area (Å²) in [5.74, 6) is 0.761. The van der Waals surface area contributed by atoms with Gasteiger partial charge in [-0.15, -0.1) is 6.58 Å². The van der Waals surface area contributed by atoms with Crippen LogP contribution in [0.3, 0.4) is 0 Å². The van der Waals surface area contributed by atoms with Gasteiger partial charge in [-0.3, -0.25) is 4.98 Å². The third-order valence-electron chi connectivity index (χ3n) is 2.43. The van der Waals surface area contributed by atoms with Gasteiger partial charge in [0, 0.05) is 25.7 Å². The number of anilines is 1. The van der Waals surface area contributed by atoms with Crippen LogP contribution in [0.5, 0.6) is 0 Å². The Bertz CT molecular complexity index is 351. The highest BCUT2D eigenvalue weighted by molar-refractivity contribution is 5.36. The smallest absolute Gasteiger partial charge is 0.147 e. The van der Waals surface area contributed by atoms with Crippen molar-refractivity contribution in [3.63, 3.8) is 0 Å². The molecule has 0 unspecified atom stereocenters. The van der Waals surface area contributed by atoms with Crippen molar-refractivity contribution in [2.75, 3.05) is 24.6 Å². The Kier molecular flexibility index (Phi) is 6.32. The van der Waals surface area contributed by atoms with Crippen LogP contribution in [-0.2, 0) is 6.54 Å².